The van der Waals surface area contributed by atoms with E-state index in [2.05, 4.69) is 5.32 Å². The van der Waals surface area contributed by atoms with E-state index in [1.807, 2.05) is 39.0 Å². The molecular weight excluding hydrogens is 214 g/mol. The van der Waals surface area contributed by atoms with Gasteiger partial charge >= 0.3 is 0 Å². The summed E-state index contributed by atoms with van der Waals surface area (Å²) in [6, 6.07) is 5.69. The van der Waals surface area contributed by atoms with Gasteiger partial charge in [-0.3, -0.25) is 10.2 Å². The topological polar surface area (TPSA) is 79.0 Å². The Bertz CT molecular complexity index is 438. The number of hydrogen-bond donors (Lipinski definition) is 3. The van der Waals surface area contributed by atoms with Gasteiger partial charge in [0.15, 0.2) is 0 Å². The molecule has 92 valence electrons. The van der Waals surface area contributed by atoms with E-state index in [1.54, 1.807) is 0 Å². The molecule has 0 bridgehead atoms. The molecule has 0 radical (unpaired) electrons. The Morgan fingerprint density at radius 3 is 2.65 bits per heavy atom. The smallest absolute Gasteiger partial charge is 0.222 e. The van der Waals surface area contributed by atoms with Crippen LogP contribution in [0.2, 0.25) is 0 Å². The molecule has 1 aromatic carbocycles. The lowest BCUT2D eigenvalue weighted by Crippen LogP contribution is -2.27. The SMILES string of the molecule is Cc1ccc(CNC(=O)C(C)C)cc1C(=N)N. The van der Waals surface area contributed by atoms with Crippen LogP contribution < -0.4 is 11.1 Å². The summed E-state index contributed by atoms with van der Waals surface area (Å²) in [6.07, 6.45) is 0. The predicted octanol–water partition coefficient (Wildman–Crippen LogP) is 1.55. The highest BCUT2D eigenvalue weighted by molar-refractivity contribution is 5.96. The van der Waals surface area contributed by atoms with Crippen molar-refractivity contribution in [2.45, 2.75) is 27.3 Å². The Morgan fingerprint density at radius 1 is 1.47 bits per heavy atom. The lowest BCUT2D eigenvalue weighted by Gasteiger charge is -2.10. The van der Waals surface area contributed by atoms with E-state index in [-0.39, 0.29) is 17.7 Å². The van der Waals surface area contributed by atoms with Crippen molar-refractivity contribution in [3.05, 3.63) is 34.9 Å². The summed E-state index contributed by atoms with van der Waals surface area (Å²) in [6.45, 7) is 6.09. The molecule has 1 aromatic rings. The summed E-state index contributed by atoms with van der Waals surface area (Å²) < 4.78 is 0. The maximum Gasteiger partial charge on any atom is 0.222 e. The fraction of sp³-hybridized carbons (Fsp3) is 0.385. The quantitative estimate of drug-likeness (QED) is 0.545. The summed E-state index contributed by atoms with van der Waals surface area (Å²) in [5.41, 5.74) is 8.13. The van der Waals surface area contributed by atoms with Crippen LogP contribution in [0.4, 0.5) is 0 Å². The molecule has 0 aliphatic rings. The molecule has 0 unspecified atom stereocenters. The van der Waals surface area contributed by atoms with Crippen LogP contribution in [-0.2, 0) is 11.3 Å². The number of hydrogen-bond acceptors (Lipinski definition) is 2. The van der Waals surface area contributed by atoms with Crippen molar-refractivity contribution in [1.82, 2.24) is 5.32 Å². The highest BCUT2D eigenvalue weighted by atomic mass is 16.1. The number of amides is 1. The first-order valence-corrected chi connectivity index (χ1v) is 5.63. The number of nitrogens with one attached hydrogen (secondary N) is 2. The standard InChI is InChI=1S/C13H19N3O/c1-8(2)13(17)16-7-10-5-4-9(3)11(6-10)12(14)15/h4-6,8H,7H2,1-3H3,(H3,14,15)(H,16,17). The molecule has 1 amide bonds. The molecule has 0 aliphatic heterocycles. The van der Waals surface area contributed by atoms with E-state index in [9.17, 15) is 4.79 Å². The Balaban J connectivity index is 2.76. The van der Waals surface area contributed by atoms with Gasteiger partial charge < -0.3 is 11.1 Å². The van der Waals surface area contributed by atoms with Gasteiger partial charge in [0.05, 0.1) is 0 Å². The highest BCUT2D eigenvalue weighted by Crippen LogP contribution is 2.10. The second-order valence-corrected chi connectivity index (χ2v) is 4.44. The van der Waals surface area contributed by atoms with Crippen LogP contribution >= 0.6 is 0 Å². The average molecular weight is 233 g/mol. The van der Waals surface area contributed by atoms with Crippen molar-refractivity contribution in [1.29, 1.82) is 5.41 Å². The number of nitrogens with two attached hydrogens (primary N) is 1. The number of aryl methyl sites for hydroxylation is 1. The van der Waals surface area contributed by atoms with Crippen molar-refractivity contribution in [2.24, 2.45) is 11.7 Å². The lowest BCUT2D eigenvalue weighted by molar-refractivity contribution is -0.124. The first kappa shape index (κ1) is 13.2. The first-order chi connectivity index (χ1) is 7.91. The summed E-state index contributed by atoms with van der Waals surface area (Å²) in [7, 11) is 0. The van der Waals surface area contributed by atoms with E-state index in [4.69, 9.17) is 11.1 Å². The largest absolute Gasteiger partial charge is 0.384 e. The molecule has 0 saturated heterocycles. The molecule has 0 atom stereocenters. The zero-order valence-corrected chi connectivity index (χ0v) is 10.5. The maximum absolute atomic E-state index is 11.4. The van der Waals surface area contributed by atoms with E-state index < -0.39 is 0 Å². The summed E-state index contributed by atoms with van der Waals surface area (Å²) in [5.74, 6) is 0.0576. The monoisotopic (exact) mass is 233 g/mol. The molecule has 0 saturated carbocycles. The summed E-state index contributed by atoms with van der Waals surface area (Å²) in [5, 5.41) is 10.3. The van der Waals surface area contributed by atoms with Crippen LogP contribution in [0.5, 0.6) is 0 Å². The number of nitrogen functional groups attached to an aromatic ring is 1. The third-order valence-electron chi connectivity index (χ3n) is 2.58. The maximum atomic E-state index is 11.4. The van der Waals surface area contributed by atoms with Crippen LogP contribution in [0.15, 0.2) is 18.2 Å². The van der Waals surface area contributed by atoms with Crippen LogP contribution in [-0.4, -0.2) is 11.7 Å². The molecule has 4 nitrogen and oxygen atoms in total. The minimum absolute atomic E-state index is 0.0206. The molecule has 4 heteroatoms. The normalized spacial score (nSPS) is 10.4. The number of carbonyl (C=O) groups excluding carboxylic acids is 1. The summed E-state index contributed by atoms with van der Waals surface area (Å²) in [4.78, 5) is 11.4. The van der Waals surface area contributed by atoms with Crippen molar-refractivity contribution >= 4 is 11.7 Å². The zero-order chi connectivity index (χ0) is 13.0. The van der Waals surface area contributed by atoms with Gasteiger partial charge in [0.25, 0.3) is 0 Å². The van der Waals surface area contributed by atoms with E-state index in [1.165, 1.54) is 0 Å². The van der Waals surface area contributed by atoms with Gasteiger partial charge in [-0.15, -0.1) is 0 Å². The van der Waals surface area contributed by atoms with Crippen LogP contribution in [0, 0.1) is 18.3 Å². The van der Waals surface area contributed by atoms with Crippen molar-refractivity contribution in [2.75, 3.05) is 0 Å². The van der Waals surface area contributed by atoms with E-state index in [0.29, 0.717) is 6.54 Å². The van der Waals surface area contributed by atoms with Gasteiger partial charge in [-0.2, -0.15) is 0 Å². The second-order valence-electron chi connectivity index (χ2n) is 4.44. The van der Waals surface area contributed by atoms with Crippen molar-refractivity contribution < 1.29 is 4.79 Å². The number of rotatable bonds is 4. The molecular formula is C13H19N3O. The van der Waals surface area contributed by atoms with Gasteiger partial charge in [-0.25, -0.2) is 0 Å². The van der Waals surface area contributed by atoms with Gasteiger partial charge in [0, 0.05) is 18.0 Å². The molecule has 0 fully saturated rings. The van der Waals surface area contributed by atoms with Crippen LogP contribution in [0.25, 0.3) is 0 Å². The van der Waals surface area contributed by atoms with Crippen molar-refractivity contribution in [3.8, 4) is 0 Å². The molecule has 0 aromatic heterocycles. The molecule has 4 N–H and O–H groups in total. The van der Waals surface area contributed by atoms with E-state index >= 15 is 0 Å². The van der Waals surface area contributed by atoms with Gasteiger partial charge in [-0.1, -0.05) is 26.0 Å². The molecule has 0 heterocycles. The minimum atomic E-state index is -0.0206. The molecule has 0 aliphatic carbocycles. The van der Waals surface area contributed by atoms with Crippen molar-refractivity contribution in [3.63, 3.8) is 0 Å². The molecule has 0 spiro atoms. The fourth-order valence-corrected chi connectivity index (χ4v) is 1.46. The second kappa shape index (κ2) is 5.48. The first-order valence-electron chi connectivity index (χ1n) is 5.63. The van der Waals surface area contributed by atoms with Crippen LogP contribution in [0.1, 0.15) is 30.5 Å². The van der Waals surface area contributed by atoms with Crippen LogP contribution in [0.3, 0.4) is 0 Å². The van der Waals surface area contributed by atoms with Gasteiger partial charge in [-0.05, 0) is 24.1 Å². The Hall–Kier alpha value is -1.84. The number of benzene rings is 1. The van der Waals surface area contributed by atoms with Gasteiger partial charge in [0.2, 0.25) is 5.91 Å². The number of carbonyl (C=O) groups is 1. The Kier molecular flexibility index (Phi) is 4.26. The minimum Gasteiger partial charge on any atom is -0.384 e. The predicted molar refractivity (Wildman–Crippen MR) is 68.9 cm³/mol. The highest BCUT2D eigenvalue weighted by Gasteiger charge is 2.07. The Morgan fingerprint density at radius 2 is 2.12 bits per heavy atom. The van der Waals surface area contributed by atoms with E-state index in [0.717, 1.165) is 16.7 Å². The number of amidine groups is 1. The average Bonchev–Trinajstić information content (AvgIpc) is 2.26. The fourth-order valence-electron chi connectivity index (χ4n) is 1.46. The third kappa shape index (κ3) is 3.59. The summed E-state index contributed by atoms with van der Waals surface area (Å²) >= 11 is 0. The molecule has 17 heavy (non-hydrogen) atoms. The lowest BCUT2D eigenvalue weighted by atomic mass is 10.0. The Labute approximate surface area is 102 Å². The molecule has 1 rings (SSSR count). The third-order valence-corrected chi connectivity index (χ3v) is 2.58. The van der Waals surface area contributed by atoms with Gasteiger partial charge in [0.1, 0.15) is 5.84 Å². The zero-order valence-electron chi connectivity index (χ0n) is 10.5.